The molecule has 0 aliphatic heterocycles. The first kappa shape index (κ1) is 12.4. The highest BCUT2D eigenvalue weighted by Gasteiger charge is 2.13. The largest absolute Gasteiger partial charge is 0.316 e. The summed E-state index contributed by atoms with van der Waals surface area (Å²) in [6.45, 7) is 4.75. The number of rotatable bonds is 8. The Balaban J connectivity index is 1.75. The van der Waals surface area contributed by atoms with Gasteiger partial charge in [-0.05, 0) is 37.5 Å². The summed E-state index contributed by atoms with van der Waals surface area (Å²) >= 11 is 2.10. The van der Waals surface area contributed by atoms with E-state index in [4.69, 9.17) is 0 Å². The molecule has 84 valence electrons. The summed E-state index contributed by atoms with van der Waals surface area (Å²) in [6, 6.07) is 0. The van der Waals surface area contributed by atoms with Gasteiger partial charge in [0.15, 0.2) is 0 Å². The van der Waals surface area contributed by atoms with Gasteiger partial charge in [0.1, 0.15) is 0 Å². The molecule has 0 spiro atoms. The predicted octanol–water partition coefficient (Wildman–Crippen LogP) is 3.30. The maximum atomic E-state index is 3.58. The summed E-state index contributed by atoms with van der Waals surface area (Å²) in [5.74, 6) is 3.64. The van der Waals surface area contributed by atoms with Crippen molar-refractivity contribution in [3.8, 4) is 0 Å². The zero-order valence-corrected chi connectivity index (χ0v) is 10.4. The Labute approximate surface area is 93.4 Å². The van der Waals surface area contributed by atoms with E-state index in [1.165, 1.54) is 63.1 Å². The molecule has 1 saturated carbocycles. The number of hydrogen-bond acceptors (Lipinski definition) is 2. The highest BCUT2D eigenvalue weighted by Crippen LogP contribution is 2.23. The van der Waals surface area contributed by atoms with E-state index in [2.05, 4.69) is 24.0 Å². The molecule has 1 aliphatic rings. The van der Waals surface area contributed by atoms with Crippen LogP contribution in [0.25, 0.3) is 0 Å². The summed E-state index contributed by atoms with van der Waals surface area (Å²) < 4.78 is 0. The molecule has 0 atom stereocenters. The van der Waals surface area contributed by atoms with Crippen molar-refractivity contribution >= 4 is 11.8 Å². The predicted molar refractivity (Wildman–Crippen MR) is 67.1 cm³/mol. The van der Waals surface area contributed by atoms with E-state index in [9.17, 15) is 0 Å². The molecule has 0 aromatic carbocycles. The quantitative estimate of drug-likeness (QED) is 0.624. The van der Waals surface area contributed by atoms with E-state index in [0.717, 1.165) is 5.92 Å². The molecule has 14 heavy (non-hydrogen) atoms. The van der Waals surface area contributed by atoms with Crippen LogP contribution in [-0.4, -0.2) is 24.6 Å². The Morgan fingerprint density at radius 1 is 1.21 bits per heavy atom. The van der Waals surface area contributed by atoms with Crippen molar-refractivity contribution in [2.75, 3.05) is 24.6 Å². The third-order valence-corrected chi connectivity index (χ3v) is 4.04. The van der Waals surface area contributed by atoms with Crippen LogP contribution in [0.5, 0.6) is 0 Å². The van der Waals surface area contributed by atoms with Gasteiger partial charge in [0.2, 0.25) is 0 Å². The SMILES string of the molecule is CCCCSCCNCC1CCCC1. The van der Waals surface area contributed by atoms with E-state index < -0.39 is 0 Å². The van der Waals surface area contributed by atoms with Crippen molar-refractivity contribution in [1.29, 1.82) is 0 Å². The van der Waals surface area contributed by atoms with Crippen LogP contribution in [0.4, 0.5) is 0 Å². The lowest BCUT2D eigenvalue weighted by molar-refractivity contribution is 0.500. The van der Waals surface area contributed by atoms with Crippen LogP contribution in [-0.2, 0) is 0 Å². The molecular formula is C12H25NS. The first-order valence-corrected chi connectivity index (χ1v) is 7.37. The van der Waals surface area contributed by atoms with Crippen LogP contribution in [0.1, 0.15) is 45.4 Å². The van der Waals surface area contributed by atoms with Crippen molar-refractivity contribution < 1.29 is 0 Å². The lowest BCUT2D eigenvalue weighted by Gasteiger charge is -2.09. The Morgan fingerprint density at radius 2 is 2.00 bits per heavy atom. The van der Waals surface area contributed by atoms with Crippen LogP contribution in [0.15, 0.2) is 0 Å². The lowest BCUT2D eigenvalue weighted by Crippen LogP contribution is -2.23. The summed E-state index contributed by atoms with van der Waals surface area (Å²) in [5.41, 5.74) is 0. The van der Waals surface area contributed by atoms with E-state index in [1.807, 2.05) is 0 Å². The van der Waals surface area contributed by atoms with Gasteiger partial charge < -0.3 is 5.32 Å². The minimum absolute atomic E-state index is 0.996. The second-order valence-corrected chi connectivity index (χ2v) is 5.55. The summed E-state index contributed by atoms with van der Waals surface area (Å²) in [4.78, 5) is 0. The molecule has 2 heteroatoms. The molecule has 0 amide bonds. The zero-order valence-electron chi connectivity index (χ0n) is 9.56. The number of thioether (sulfide) groups is 1. The van der Waals surface area contributed by atoms with Gasteiger partial charge in [-0.25, -0.2) is 0 Å². The fourth-order valence-electron chi connectivity index (χ4n) is 2.01. The monoisotopic (exact) mass is 215 g/mol. The van der Waals surface area contributed by atoms with Crippen LogP contribution in [0.3, 0.4) is 0 Å². The molecule has 0 heterocycles. The van der Waals surface area contributed by atoms with Crippen molar-refractivity contribution in [1.82, 2.24) is 5.32 Å². The molecule has 1 aliphatic carbocycles. The Bertz CT molecular complexity index is 121. The second-order valence-electron chi connectivity index (χ2n) is 4.32. The van der Waals surface area contributed by atoms with Crippen molar-refractivity contribution in [3.63, 3.8) is 0 Å². The molecule has 0 aromatic rings. The zero-order chi connectivity index (χ0) is 10.1. The Hall–Kier alpha value is 0.310. The number of hydrogen-bond donors (Lipinski definition) is 1. The van der Waals surface area contributed by atoms with E-state index in [1.54, 1.807) is 0 Å². The van der Waals surface area contributed by atoms with Crippen molar-refractivity contribution in [2.24, 2.45) is 5.92 Å². The highest BCUT2D eigenvalue weighted by atomic mass is 32.2. The van der Waals surface area contributed by atoms with Crippen molar-refractivity contribution in [2.45, 2.75) is 45.4 Å². The minimum Gasteiger partial charge on any atom is -0.316 e. The topological polar surface area (TPSA) is 12.0 Å². The van der Waals surface area contributed by atoms with E-state index in [0.29, 0.717) is 0 Å². The number of unbranched alkanes of at least 4 members (excludes halogenated alkanes) is 1. The van der Waals surface area contributed by atoms with Gasteiger partial charge in [0.25, 0.3) is 0 Å². The maximum Gasteiger partial charge on any atom is 0.00581 e. The maximum absolute atomic E-state index is 3.58. The molecule has 1 rings (SSSR count). The van der Waals surface area contributed by atoms with Gasteiger partial charge in [-0.15, -0.1) is 0 Å². The average Bonchev–Trinajstić information content (AvgIpc) is 2.69. The standard InChI is InChI=1S/C12H25NS/c1-2-3-9-14-10-8-13-11-12-6-4-5-7-12/h12-13H,2-11H2,1H3. The molecule has 1 fully saturated rings. The summed E-state index contributed by atoms with van der Waals surface area (Å²) in [6.07, 6.45) is 8.59. The molecular weight excluding hydrogens is 190 g/mol. The Kier molecular flexibility index (Phi) is 7.61. The summed E-state index contributed by atoms with van der Waals surface area (Å²) in [5, 5.41) is 3.58. The number of nitrogens with one attached hydrogen (secondary N) is 1. The van der Waals surface area contributed by atoms with Gasteiger partial charge >= 0.3 is 0 Å². The molecule has 1 nitrogen and oxygen atoms in total. The third kappa shape index (κ3) is 5.92. The highest BCUT2D eigenvalue weighted by molar-refractivity contribution is 7.99. The van der Waals surface area contributed by atoms with Crippen LogP contribution in [0, 0.1) is 5.92 Å². The summed E-state index contributed by atoms with van der Waals surface area (Å²) in [7, 11) is 0. The molecule has 0 bridgehead atoms. The molecule has 0 aromatic heterocycles. The smallest absolute Gasteiger partial charge is 0.00581 e. The second kappa shape index (κ2) is 8.60. The first-order chi connectivity index (χ1) is 6.93. The molecule has 1 N–H and O–H groups in total. The molecule has 0 unspecified atom stereocenters. The van der Waals surface area contributed by atoms with Gasteiger partial charge in [-0.1, -0.05) is 26.2 Å². The average molecular weight is 215 g/mol. The van der Waals surface area contributed by atoms with Crippen LogP contribution >= 0.6 is 11.8 Å². The Morgan fingerprint density at radius 3 is 2.71 bits per heavy atom. The lowest BCUT2D eigenvalue weighted by atomic mass is 10.1. The minimum atomic E-state index is 0.996. The van der Waals surface area contributed by atoms with Gasteiger partial charge in [0, 0.05) is 12.3 Å². The molecule has 0 radical (unpaired) electrons. The van der Waals surface area contributed by atoms with Gasteiger partial charge in [-0.3, -0.25) is 0 Å². The van der Waals surface area contributed by atoms with Crippen molar-refractivity contribution in [3.05, 3.63) is 0 Å². The molecule has 0 saturated heterocycles. The van der Waals surface area contributed by atoms with Crippen LogP contribution in [0.2, 0.25) is 0 Å². The normalized spacial score (nSPS) is 17.8. The van der Waals surface area contributed by atoms with Gasteiger partial charge in [0.05, 0.1) is 0 Å². The van der Waals surface area contributed by atoms with E-state index in [-0.39, 0.29) is 0 Å². The fraction of sp³-hybridized carbons (Fsp3) is 1.00. The third-order valence-electron chi connectivity index (χ3n) is 2.97. The van der Waals surface area contributed by atoms with E-state index >= 15 is 0 Å². The van der Waals surface area contributed by atoms with Gasteiger partial charge in [-0.2, -0.15) is 11.8 Å². The van der Waals surface area contributed by atoms with Crippen LogP contribution < -0.4 is 5.32 Å². The fourth-order valence-corrected chi connectivity index (χ4v) is 3.00. The first-order valence-electron chi connectivity index (χ1n) is 6.22.